The Morgan fingerprint density at radius 3 is 2.18 bits per heavy atom. The van der Waals surface area contributed by atoms with Crippen LogP contribution in [0.2, 0.25) is 4.34 Å². The van der Waals surface area contributed by atoms with Crippen LogP contribution in [0.5, 0.6) is 0 Å². The first-order valence-corrected chi connectivity index (χ1v) is 23.6. The van der Waals surface area contributed by atoms with Crippen molar-refractivity contribution in [2.45, 2.75) is 79.4 Å². The Balaban J connectivity index is 1.02. The third-order valence-electron chi connectivity index (χ3n) is 10.0. The van der Waals surface area contributed by atoms with Crippen molar-refractivity contribution in [1.29, 1.82) is 0 Å². The summed E-state index contributed by atoms with van der Waals surface area (Å²) in [7, 11) is -7.79. The second-order valence-corrected chi connectivity index (χ2v) is 21.0. The third-order valence-corrected chi connectivity index (χ3v) is 16.9. The van der Waals surface area contributed by atoms with Gasteiger partial charge >= 0.3 is 5.97 Å². The molecule has 2 aliphatic rings. The molecule has 2 fully saturated rings. The average Bonchev–Trinajstić information content (AvgIpc) is 3.49. The quantitative estimate of drug-likeness (QED) is 0.117. The maximum atomic E-state index is 13.8. The molecule has 2 aliphatic heterocycles. The summed E-state index contributed by atoms with van der Waals surface area (Å²) in [5.74, 6) is -2.28. The van der Waals surface area contributed by atoms with Crippen molar-refractivity contribution >= 4 is 92.5 Å². The molecule has 0 saturated carbocycles. The molecule has 1 atom stereocenters. The highest BCUT2D eigenvalue weighted by atomic mass is 79.9. The number of nitrogens with one attached hydrogen (secondary N) is 2. The number of pyridine rings is 1. The summed E-state index contributed by atoms with van der Waals surface area (Å²) in [6.45, 7) is 2.59. The number of hydrogen-bond acceptors (Lipinski definition) is 9. The fourth-order valence-electron chi connectivity index (χ4n) is 6.87. The number of anilines is 1. The zero-order valence-electron chi connectivity index (χ0n) is 29.7. The number of carboxylic acid groups (broad SMARTS) is 1. The summed E-state index contributed by atoms with van der Waals surface area (Å²) in [6, 6.07) is 4.13. The Kier molecular flexibility index (Phi) is 15.5. The SMILES string of the molecule is O=C(NCCCCC(NS(=O)(=O)c1cnc(N2CCC(CCCC3CCN(S(=O)(=O)c4cc(Br)c(Cl)s4)CC3)CC2)c(Br)c1)C(=O)O)c1ccc(F)cc1F. The first-order valence-electron chi connectivity index (χ1n) is 17.9. The first-order chi connectivity index (χ1) is 26.0. The number of benzene rings is 1. The lowest BCUT2D eigenvalue weighted by Crippen LogP contribution is -2.41. The summed E-state index contributed by atoms with van der Waals surface area (Å²) < 4.78 is 84.9. The molecular weight excluding hydrogens is 932 g/mol. The summed E-state index contributed by atoms with van der Waals surface area (Å²) >= 11 is 13.9. The minimum atomic E-state index is -4.25. The summed E-state index contributed by atoms with van der Waals surface area (Å²) in [5, 5.41) is 12.2. The number of carbonyl (C=O) groups excluding carboxylic acids is 1. The minimum Gasteiger partial charge on any atom is -0.480 e. The second kappa shape index (κ2) is 19.5. The van der Waals surface area contributed by atoms with Crippen molar-refractivity contribution in [3.63, 3.8) is 0 Å². The van der Waals surface area contributed by atoms with Gasteiger partial charge in [-0.2, -0.15) is 9.03 Å². The Bertz CT molecular complexity index is 2040. The summed E-state index contributed by atoms with van der Waals surface area (Å²) in [6.07, 6.45) is 8.47. The predicted octanol–water partition coefficient (Wildman–Crippen LogP) is 7.42. The lowest BCUT2D eigenvalue weighted by molar-refractivity contribution is -0.139. The van der Waals surface area contributed by atoms with Crippen LogP contribution < -0.4 is 14.9 Å². The van der Waals surface area contributed by atoms with E-state index in [9.17, 15) is 40.3 Å². The predicted molar refractivity (Wildman–Crippen MR) is 214 cm³/mol. The van der Waals surface area contributed by atoms with E-state index >= 15 is 0 Å². The molecule has 0 aliphatic carbocycles. The monoisotopic (exact) mass is 971 g/mol. The van der Waals surface area contributed by atoms with Gasteiger partial charge in [-0.1, -0.05) is 30.9 Å². The largest absolute Gasteiger partial charge is 0.480 e. The highest BCUT2D eigenvalue weighted by Crippen LogP contribution is 2.38. The summed E-state index contributed by atoms with van der Waals surface area (Å²) in [5.41, 5.74) is -0.322. The molecule has 20 heteroatoms. The molecule has 2 aromatic heterocycles. The summed E-state index contributed by atoms with van der Waals surface area (Å²) in [4.78, 5) is 30.4. The number of sulfonamides is 2. The van der Waals surface area contributed by atoms with Crippen LogP contribution in [0, 0.1) is 23.5 Å². The van der Waals surface area contributed by atoms with Gasteiger partial charge in [0.05, 0.1) is 10.0 Å². The molecule has 1 aromatic carbocycles. The number of carboxylic acids is 1. The van der Waals surface area contributed by atoms with E-state index in [0.717, 1.165) is 81.5 Å². The minimum absolute atomic E-state index is 0.0644. The zero-order chi connectivity index (χ0) is 39.9. The van der Waals surface area contributed by atoms with Crippen molar-refractivity contribution in [1.82, 2.24) is 19.3 Å². The van der Waals surface area contributed by atoms with E-state index in [-0.39, 0.29) is 40.5 Å². The highest BCUT2D eigenvalue weighted by molar-refractivity contribution is 9.11. The number of amides is 1. The van der Waals surface area contributed by atoms with Gasteiger partial charge in [-0.15, -0.1) is 11.3 Å². The van der Waals surface area contributed by atoms with Gasteiger partial charge in [-0.25, -0.2) is 30.6 Å². The second-order valence-electron chi connectivity index (χ2n) is 13.8. The van der Waals surface area contributed by atoms with Gasteiger partial charge in [0.15, 0.2) is 0 Å². The van der Waals surface area contributed by atoms with Crippen LogP contribution in [0.1, 0.15) is 74.6 Å². The van der Waals surface area contributed by atoms with E-state index in [1.807, 2.05) is 0 Å². The van der Waals surface area contributed by atoms with Gasteiger partial charge in [0, 0.05) is 49.5 Å². The molecule has 1 unspecified atom stereocenters. The number of thiophene rings is 1. The standard InChI is InChI=1S/C35H42Br2ClF2N5O7S3/c36-27-20-31(53-32(27)38)55(51,52)45-16-11-23(12-17-45)5-3-4-22-9-14-44(15-10-22)33-28(37)19-25(21-42-33)54(49,50)43-30(35(47)48)6-1-2-13-41-34(46)26-8-7-24(39)18-29(26)40/h7-8,18-23,30,43H,1-6,9-17H2,(H,41,46)(H,47,48). The smallest absolute Gasteiger partial charge is 0.321 e. The molecule has 5 rings (SSSR count). The molecule has 0 spiro atoms. The number of unbranched alkanes of at least 4 members (excludes halogenated alkanes) is 1. The van der Waals surface area contributed by atoms with Crippen molar-refractivity contribution in [3.8, 4) is 0 Å². The van der Waals surface area contributed by atoms with Crippen molar-refractivity contribution in [3.05, 3.63) is 67.0 Å². The molecule has 55 heavy (non-hydrogen) atoms. The molecule has 302 valence electrons. The molecular formula is C35H42Br2ClF2N5O7S3. The third kappa shape index (κ3) is 11.7. The molecule has 0 radical (unpaired) electrons. The Hall–Kier alpha value is -2.26. The fourth-order valence-corrected chi connectivity index (χ4v) is 12.7. The van der Waals surface area contributed by atoms with Gasteiger partial charge in [-0.05, 0) is 113 Å². The van der Waals surface area contributed by atoms with E-state index in [1.165, 1.54) is 12.3 Å². The molecule has 2 saturated heterocycles. The van der Waals surface area contributed by atoms with Gasteiger partial charge in [-0.3, -0.25) is 9.59 Å². The molecule has 1 amide bonds. The normalized spacial score (nSPS) is 17.0. The van der Waals surface area contributed by atoms with Crippen LogP contribution in [0.25, 0.3) is 0 Å². The van der Waals surface area contributed by atoms with Gasteiger partial charge in [0.25, 0.3) is 15.9 Å². The number of hydrogen-bond donors (Lipinski definition) is 3. The van der Waals surface area contributed by atoms with E-state index in [1.54, 1.807) is 10.4 Å². The van der Waals surface area contributed by atoms with Crippen LogP contribution in [0.15, 0.2) is 54.6 Å². The Morgan fingerprint density at radius 2 is 1.60 bits per heavy atom. The highest BCUT2D eigenvalue weighted by Gasteiger charge is 2.32. The number of aromatic nitrogens is 1. The fraction of sp³-hybridized carbons (Fsp3) is 0.514. The number of carbonyl (C=O) groups is 2. The molecule has 0 bridgehead atoms. The average molecular weight is 974 g/mol. The lowest BCUT2D eigenvalue weighted by Gasteiger charge is -2.34. The lowest BCUT2D eigenvalue weighted by atomic mass is 9.87. The Morgan fingerprint density at radius 1 is 0.945 bits per heavy atom. The number of nitrogens with zero attached hydrogens (tertiary/aromatic N) is 3. The van der Waals surface area contributed by atoms with Crippen molar-refractivity contribution in [2.24, 2.45) is 11.8 Å². The number of piperidine rings is 2. The molecule has 3 N–H and O–H groups in total. The molecule has 4 heterocycles. The van der Waals surface area contributed by atoms with Crippen LogP contribution in [-0.2, 0) is 24.8 Å². The van der Waals surface area contributed by atoms with Crippen molar-refractivity contribution in [2.75, 3.05) is 37.6 Å². The topological polar surface area (TPSA) is 166 Å². The van der Waals surface area contributed by atoms with Crippen LogP contribution in [0.3, 0.4) is 0 Å². The van der Waals surface area contributed by atoms with Crippen molar-refractivity contribution < 1.29 is 40.3 Å². The maximum absolute atomic E-state index is 13.8. The number of aliphatic carboxylic acids is 1. The van der Waals surface area contributed by atoms with E-state index in [2.05, 4.69) is 51.8 Å². The van der Waals surface area contributed by atoms with E-state index in [0.29, 0.717) is 50.1 Å². The Labute approximate surface area is 345 Å². The molecule has 12 nitrogen and oxygen atoms in total. The van der Waals surface area contributed by atoms with Gasteiger partial charge in [0.1, 0.15) is 36.9 Å². The van der Waals surface area contributed by atoms with Gasteiger partial charge in [0.2, 0.25) is 10.0 Å². The maximum Gasteiger partial charge on any atom is 0.321 e. The first kappa shape index (κ1) is 43.9. The van der Waals surface area contributed by atoms with Crippen LogP contribution in [0.4, 0.5) is 14.6 Å². The van der Waals surface area contributed by atoms with E-state index < -0.39 is 49.6 Å². The van der Waals surface area contributed by atoms with E-state index in [4.69, 9.17) is 11.6 Å². The zero-order valence-corrected chi connectivity index (χ0v) is 36.0. The number of rotatable bonds is 17. The van der Waals surface area contributed by atoms with Crippen LogP contribution >= 0.6 is 54.8 Å². The molecule has 3 aromatic rings. The van der Waals surface area contributed by atoms with Crippen LogP contribution in [-0.4, -0.2) is 81.9 Å². The number of halogens is 5. The van der Waals surface area contributed by atoms with Gasteiger partial charge < -0.3 is 15.3 Å².